The summed E-state index contributed by atoms with van der Waals surface area (Å²) >= 11 is 0. The summed E-state index contributed by atoms with van der Waals surface area (Å²) < 4.78 is 35.1. The summed E-state index contributed by atoms with van der Waals surface area (Å²) in [5.74, 6) is -9.77. The molecule has 4 N–H and O–H groups in total. The highest BCUT2D eigenvalue weighted by Gasteiger charge is 2.53. The van der Waals surface area contributed by atoms with Crippen LogP contribution in [0.4, 0.5) is 5.69 Å². The van der Waals surface area contributed by atoms with Crippen LogP contribution >= 0.6 is 0 Å². The smallest absolute Gasteiger partial charge is 0.316 e. The average Bonchev–Trinajstić information content (AvgIpc) is 3.52. The fourth-order valence-corrected chi connectivity index (χ4v) is 7.99. The molecule has 3 aliphatic heterocycles. The lowest BCUT2D eigenvalue weighted by Crippen LogP contribution is -2.46. The van der Waals surface area contributed by atoms with Crippen molar-refractivity contribution in [2.24, 2.45) is 29.1 Å². The number of allylic oxidation sites excluding steroid dienone is 4. The SMILES string of the molecule is COc1ccc(NC2=C3NC(=O)C(C)=CC=CC(C)C(O)C(C)C(O)C(C)C(OC(C)=O)C(C)C(OC)C=COC4(C)Oc5c(C)c(OC(=O)C(C)(C)C)c(c(c5C4=O)C2=O)C3=O)cc1. The van der Waals surface area contributed by atoms with Crippen molar-refractivity contribution in [2.75, 3.05) is 19.5 Å². The first kappa shape index (κ1) is 49.9. The number of methoxy groups -OCH3 is 2. The van der Waals surface area contributed by atoms with Crippen molar-refractivity contribution in [1.29, 1.82) is 0 Å². The Kier molecular flexibility index (Phi) is 15.0. The van der Waals surface area contributed by atoms with Crippen LogP contribution in [0.5, 0.6) is 17.2 Å². The van der Waals surface area contributed by atoms with Crippen molar-refractivity contribution in [3.05, 3.63) is 94.1 Å². The van der Waals surface area contributed by atoms with Crippen LogP contribution in [0.25, 0.3) is 0 Å². The number of aliphatic hydroxyl groups excluding tert-OH is 2. The average molecular weight is 901 g/mol. The van der Waals surface area contributed by atoms with Gasteiger partial charge in [-0.25, -0.2) is 0 Å². The molecule has 2 aromatic rings. The number of ether oxygens (including phenoxy) is 6. The van der Waals surface area contributed by atoms with Crippen molar-refractivity contribution in [1.82, 2.24) is 5.32 Å². The van der Waals surface area contributed by atoms with Gasteiger partial charge in [0.2, 0.25) is 11.6 Å². The van der Waals surface area contributed by atoms with Gasteiger partial charge >= 0.3 is 17.7 Å². The summed E-state index contributed by atoms with van der Waals surface area (Å²) in [6.45, 7) is 17.1. The maximum absolute atomic E-state index is 15.1. The number of nitrogens with one attached hydrogen (secondary N) is 2. The molecular formula is C49H60N2O14. The lowest BCUT2D eigenvalue weighted by Gasteiger charge is -2.38. The highest BCUT2D eigenvalue weighted by atomic mass is 16.7. The van der Waals surface area contributed by atoms with Gasteiger partial charge in [-0.1, -0.05) is 45.9 Å². The molecule has 16 nitrogen and oxygen atoms in total. The Balaban J connectivity index is 1.76. The Hall–Kier alpha value is -6.10. The molecule has 9 atom stereocenters. The van der Waals surface area contributed by atoms with Crippen LogP contribution in [0.2, 0.25) is 0 Å². The van der Waals surface area contributed by atoms with Crippen LogP contribution in [-0.2, 0) is 28.6 Å². The molecule has 5 bridgehead atoms. The minimum Gasteiger partial charge on any atom is -0.497 e. The van der Waals surface area contributed by atoms with Gasteiger partial charge < -0.3 is 49.3 Å². The third-order valence-electron chi connectivity index (χ3n) is 12.1. The van der Waals surface area contributed by atoms with Gasteiger partial charge in [-0.2, -0.15) is 0 Å². The summed E-state index contributed by atoms with van der Waals surface area (Å²) in [6.07, 6.45) is 3.19. The molecule has 0 saturated heterocycles. The van der Waals surface area contributed by atoms with Crippen LogP contribution in [0, 0.1) is 36.0 Å². The summed E-state index contributed by atoms with van der Waals surface area (Å²) in [5, 5.41) is 28.6. The summed E-state index contributed by atoms with van der Waals surface area (Å²) in [5.41, 5.74) is -2.81. The number of Topliss-reactive ketones (excluding diaryl/α,β-unsaturated/α-hetero) is 3. The van der Waals surface area contributed by atoms with E-state index in [-0.39, 0.29) is 28.2 Å². The van der Waals surface area contributed by atoms with Crippen LogP contribution in [0.15, 0.2) is 71.8 Å². The standard InChI is InChI=1S/C49H60N2O14/c1-23-15-14-16-24(2)46(58)51-37-36(50-30-17-19-31(60-12)20-18-30)40(55)33-34(41(37)56)43(64-47(59)48(8,9)10)28(6)44-35(33)45(57)49(11,65-44)62-22-21-32(61-13)25(3)42(63-29(7)52)27(5)39(54)26(4)38(23)53/h14-23,25-27,32,38-39,42,50,53-54H,1-13H3,(H,51,58). The second-order valence-electron chi connectivity index (χ2n) is 18.0. The van der Waals surface area contributed by atoms with Crippen LogP contribution in [0.1, 0.15) is 106 Å². The molecule has 0 radical (unpaired) electrons. The maximum Gasteiger partial charge on any atom is 0.316 e. The van der Waals surface area contributed by atoms with Gasteiger partial charge in [0, 0.05) is 61.5 Å². The summed E-state index contributed by atoms with van der Waals surface area (Å²) in [7, 11) is 2.89. The summed E-state index contributed by atoms with van der Waals surface area (Å²) in [6, 6.07) is 6.37. The molecule has 9 unspecified atom stereocenters. The van der Waals surface area contributed by atoms with Gasteiger partial charge in [0.1, 0.15) is 34.7 Å². The van der Waals surface area contributed by atoms with E-state index in [4.69, 9.17) is 28.4 Å². The van der Waals surface area contributed by atoms with Crippen LogP contribution in [-0.4, -0.2) is 89.8 Å². The van der Waals surface area contributed by atoms with E-state index in [0.717, 1.165) is 6.26 Å². The fraction of sp³-hybridized carbons (Fsp3) is 0.469. The quantitative estimate of drug-likeness (QED) is 0.184. The number of esters is 2. The Morgan fingerprint density at radius 2 is 1.51 bits per heavy atom. The zero-order valence-electron chi connectivity index (χ0n) is 39.1. The minimum atomic E-state index is -2.17. The number of hydrogen-bond acceptors (Lipinski definition) is 15. The van der Waals surface area contributed by atoms with E-state index in [0.29, 0.717) is 11.4 Å². The molecule has 0 aromatic heterocycles. The molecule has 65 heavy (non-hydrogen) atoms. The molecule has 0 fully saturated rings. The van der Waals surface area contributed by atoms with Crippen molar-refractivity contribution in [3.63, 3.8) is 0 Å². The molecule has 3 heterocycles. The largest absolute Gasteiger partial charge is 0.497 e. The monoisotopic (exact) mass is 900 g/mol. The molecule has 4 aliphatic rings. The normalized spacial score (nSPS) is 27.6. The number of aliphatic hydroxyl groups is 2. The number of benzene rings is 2. The first-order valence-corrected chi connectivity index (χ1v) is 21.4. The van der Waals surface area contributed by atoms with E-state index < -0.39 is 117 Å². The van der Waals surface area contributed by atoms with Gasteiger partial charge in [0.15, 0.2) is 0 Å². The Morgan fingerprint density at radius 1 is 0.862 bits per heavy atom. The lowest BCUT2D eigenvalue weighted by molar-refractivity contribution is -0.160. The second kappa shape index (κ2) is 19.6. The summed E-state index contributed by atoms with van der Waals surface area (Å²) in [4.78, 5) is 84.9. The van der Waals surface area contributed by atoms with E-state index in [9.17, 15) is 29.4 Å². The maximum atomic E-state index is 15.1. The molecule has 2 aromatic carbocycles. The zero-order chi connectivity index (χ0) is 48.5. The third kappa shape index (κ3) is 10.1. The zero-order valence-corrected chi connectivity index (χ0v) is 39.1. The van der Waals surface area contributed by atoms with Crippen LogP contribution in [0.3, 0.4) is 0 Å². The third-order valence-corrected chi connectivity index (χ3v) is 12.1. The number of rotatable bonds is 6. The number of anilines is 1. The predicted molar refractivity (Wildman–Crippen MR) is 238 cm³/mol. The number of carbonyl (C=O) groups excluding carboxylic acids is 6. The molecule has 1 aliphatic carbocycles. The Morgan fingerprint density at radius 3 is 2.09 bits per heavy atom. The van der Waals surface area contributed by atoms with Crippen molar-refractivity contribution >= 4 is 40.9 Å². The first-order valence-electron chi connectivity index (χ1n) is 21.4. The predicted octanol–water partition coefficient (Wildman–Crippen LogP) is 6.32. The van der Waals surface area contributed by atoms with E-state index in [2.05, 4.69) is 10.6 Å². The number of ketones is 3. The van der Waals surface area contributed by atoms with Gasteiger partial charge in [-0.05, 0) is 65.0 Å². The highest BCUT2D eigenvalue weighted by molar-refractivity contribution is 6.33. The first-order chi connectivity index (χ1) is 30.4. The molecule has 16 heteroatoms. The van der Waals surface area contributed by atoms with E-state index >= 15 is 9.59 Å². The van der Waals surface area contributed by atoms with Crippen molar-refractivity contribution in [2.45, 2.75) is 106 Å². The van der Waals surface area contributed by atoms with Gasteiger partial charge in [-0.15, -0.1) is 0 Å². The Labute approximate surface area is 379 Å². The van der Waals surface area contributed by atoms with Gasteiger partial charge in [0.25, 0.3) is 11.7 Å². The van der Waals surface area contributed by atoms with Gasteiger partial charge in [-0.3, -0.25) is 28.8 Å². The molecule has 0 spiro atoms. The molecule has 1 amide bonds. The van der Waals surface area contributed by atoms with Crippen LogP contribution < -0.4 is 24.8 Å². The van der Waals surface area contributed by atoms with Crippen molar-refractivity contribution < 1.29 is 67.4 Å². The molecule has 350 valence electrons. The molecule has 0 saturated carbocycles. The fourth-order valence-electron chi connectivity index (χ4n) is 7.99. The second-order valence-corrected chi connectivity index (χ2v) is 18.0. The van der Waals surface area contributed by atoms with E-state index in [1.54, 1.807) is 84.9 Å². The molecular weight excluding hydrogens is 841 g/mol. The van der Waals surface area contributed by atoms with E-state index in [1.165, 1.54) is 54.1 Å². The highest BCUT2D eigenvalue weighted by Crippen LogP contribution is 2.49. The number of carbonyl (C=O) groups is 6. The topological polar surface area (TPSA) is 222 Å². The number of hydrogen-bond donors (Lipinski definition) is 4. The van der Waals surface area contributed by atoms with Crippen molar-refractivity contribution in [3.8, 4) is 17.2 Å². The lowest BCUT2D eigenvalue weighted by atomic mass is 9.78. The van der Waals surface area contributed by atoms with Gasteiger partial charge in [0.05, 0.1) is 53.8 Å². The minimum absolute atomic E-state index is 0.0248. The number of fused-ring (bicyclic) bond motifs is 14. The Bertz CT molecular complexity index is 2370. The number of amides is 1. The van der Waals surface area contributed by atoms with E-state index in [1.807, 2.05) is 0 Å². The molecule has 6 rings (SSSR count).